The van der Waals surface area contributed by atoms with Gasteiger partial charge < -0.3 is 15.2 Å². The molecule has 0 spiro atoms. The van der Waals surface area contributed by atoms with Crippen LogP contribution in [0.15, 0.2) is 18.2 Å². The molecule has 0 saturated carbocycles. The van der Waals surface area contributed by atoms with Crippen LogP contribution < -0.4 is 10.5 Å². The molecule has 2 N–H and O–H groups in total. The van der Waals surface area contributed by atoms with Crippen molar-refractivity contribution in [2.45, 2.75) is 44.4 Å². The van der Waals surface area contributed by atoms with Gasteiger partial charge in [0.25, 0.3) is 0 Å². The van der Waals surface area contributed by atoms with Gasteiger partial charge in [0.05, 0.1) is 12.6 Å². The van der Waals surface area contributed by atoms with Gasteiger partial charge in [-0.05, 0) is 25.8 Å². The third-order valence-corrected chi connectivity index (χ3v) is 4.57. The Labute approximate surface area is 127 Å². The summed E-state index contributed by atoms with van der Waals surface area (Å²) >= 11 is 0. The normalized spacial score (nSPS) is 27.6. The van der Waals surface area contributed by atoms with Gasteiger partial charge >= 0.3 is 0 Å². The van der Waals surface area contributed by atoms with Crippen LogP contribution in [0.1, 0.15) is 37.4 Å². The minimum Gasteiger partial charge on any atom is -0.487 e. The minimum atomic E-state index is -0.113. The summed E-state index contributed by atoms with van der Waals surface area (Å²) in [6.45, 7) is 6.98. The largest absolute Gasteiger partial charge is 0.487 e. The molecule has 21 heavy (non-hydrogen) atoms. The van der Waals surface area contributed by atoms with Crippen molar-refractivity contribution in [2.75, 3.05) is 26.8 Å². The van der Waals surface area contributed by atoms with Crippen LogP contribution in [0, 0.1) is 0 Å². The summed E-state index contributed by atoms with van der Waals surface area (Å²) in [5.41, 5.74) is 8.84. The summed E-state index contributed by atoms with van der Waals surface area (Å²) in [6, 6.07) is 6.90. The maximum atomic E-state index is 6.40. The number of likely N-dealkylation sites (tertiary alicyclic amines) is 1. The van der Waals surface area contributed by atoms with Crippen molar-refractivity contribution in [3.8, 4) is 5.75 Å². The molecule has 0 bridgehead atoms. The Kier molecular flexibility index (Phi) is 3.95. The Morgan fingerprint density at radius 2 is 2.24 bits per heavy atom. The van der Waals surface area contributed by atoms with Gasteiger partial charge in [-0.25, -0.2) is 0 Å². The second kappa shape index (κ2) is 5.59. The van der Waals surface area contributed by atoms with Gasteiger partial charge in [-0.2, -0.15) is 0 Å². The fourth-order valence-corrected chi connectivity index (χ4v) is 3.64. The summed E-state index contributed by atoms with van der Waals surface area (Å²) < 4.78 is 11.5. The molecule has 3 rings (SSSR count). The average molecular weight is 290 g/mol. The van der Waals surface area contributed by atoms with Crippen molar-refractivity contribution in [1.29, 1.82) is 0 Å². The van der Waals surface area contributed by atoms with Crippen molar-refractivity contribution in [1.82, 2.24) is 4.90 Å². The molecule has 2 atom stereocenters. The van der Waals surface area contributed by atoms with Crippen molar-refractivity contribution >= 4 is 0 Å². The maximum Gasteiger partial charge on any atom is 0.128 e. The van der Waals surface area contributed by atoms with E-state index in [0.29, 0.717) is 0 Å². The van der Waals surface area contributed by atoms with Crippen LogP contribution in [-0.2, 0) is 11.2 Å². The lowest BCUT2D eigenvalue weighted by Crippen LogP contribution is -2.34. The summed E-state index contributed by atoms with van der Waals surface area (Å²) in [4.78, 5) is 2.43. The highest BCUT2D eigenvalue weighted by Crippen LogP contribution is 2.43. The molecule has 4 nitrogen and oxygen atoms in total. The topological polar surface area (TPSA) is 47.7 Å². The van der Waals surface area contributed by atoms with Crippen LogP contribution in [-0.4, -0.2) is 43.3 Å². The van der Waals surface area contributed by atoms with E-state index in [4.69, 9.17) is 15.2 Å². The first-order valence-corrected chi connectivity index (χ1v) is 7.81. The number of methoxy groups -OCH3 is 1. The second-order valence-corrected chi connectivity index (χ2v) is 6.80. The van der Waals surface area contributed by atoms with Gasteiger partial charge in [0.1, 0.15) is 11.4 Å². The van der Waals surface area contributed by atoms with Gasteiger partial charge in [-0.3, -0.25) is 4.90 Å². The molecule has 2 heterocycles. The van der Waals surface area contributed by atoms with E-state index < -0.39 is 0 Å². The number of fused-ring (bicyclic) bond motifs is 1. The smallest absolute Gasteiger partial charge is 0.128 e. The molecular weight excluding hydrogens is 264 g/mol. The monoisotopic (exact) mass is 290 g/mol. The van der Waals surface area contributed by atoms with Crippen LogP contribution in [0.4, 0.5) is 0 Å². The number of hydrogen-bond acceptors (Lipinski definition) is 4. The molecule has 2 unspecified atom stereocenters. The van der Waals surface area contributed by atoms with Crippen LogP contribution in [0.3, 0.4) is 0 Å². The highest BCUT2D eigenvalue weighted by atomic mass is 16.5. The van der Waals surface area contributed by atoms with E-state index in [1.807, 2.05) is 0 Å². The molecule has 1 aromatic carbocycles. The Balaban J connectivity index is 1.91. The number of ether oxygens (including phenoxy) is 2. The molecule has 0 radical (unpaired) electrons. The SMILES string of the molecule is COCCN1CCC(N)C1c1cccc2c1OC(C)(C)C2. The van der Waals surface area contributed by atoms with Gasteiger partial charge in [0, 0.05) is 38.2 Å². The Hall–Kier alpha value is -1.10. The summed E-state index contributed by atoms with van der Waals surface area (Å²) in [6.07, 6.45) is 2.00. The Bertz CT molecular complexity index is 516. The van der Waals surface area contributed by atoms with Crippen molar-refractivity contribution in [2.24, 2.45) is 5.73 Å². The predicted octanol–water partition coefficient (Wildman–Crippen LogP) is 2.12. The van der Waals surface area contributed by atoms with Gasteiger partial charge in [-0.1, -0.05) is 18.2 Å². The molecular formula is C17H26N2O2. The lowest BCUT2D eigenvalue weighted by atomic mass is 9.95. The number of rotatable bonds is 4. The molecule has 1 aromatic rings. The lowest BCUT2D eigenvalue weighted by Gasteiger charge is -2.29. The zero-order valence-corrected chi connectivity index (χ0v) is 13.3. The second-order valence-electron chi connectivity index (χ2n) is 6.80. The standard InChI is InChI=1S/C17H26N2O2/c1-17(2)11-12-5-4-6-13(16(12)21-17)15-14(18)7-8-19(15)9-10-20-3/h4-6,14-15H,7-11,18H2,1-3H3. The number of para-hydroxylation sites is 1. The zero-order valence-electron chi connectivity index (χ0n) is 13.3. The molecule has 0 amide bonds. The average Bonchev–Trinajstić information content (AvgIpc) is 2.94. The molecule has 2 aliphatic rings. The Morgan fingerprint density at radius 1 is 1.43 bits per heavy atom. The van der Waals surface area contributed by atoms with E-state index in [9.17, 15) is 0 Å². The summed E-state index contributed by atoms with van der Waals surface area (Å²) in [7, 11) is 1.75. The van der Waals surface area contributed by atoms with E-state index in [-0.39, 0.29) is 17.7 Å². The van der Waals surface area contributed by atoms with Crippen LogP contribution in [0.2, 0.25) is 0 Å². The van der Waals surface area contributed by atoms with E-state index >= 15 is 0 Å². The molecule has 2 aliphatic heterocycles. The summed E-state index contributed by atoms with van der Waals surface area (Å²) in [5, 5.41) is 0. The predicted molar refractivity (Wildman–Crippen MR) is 83.6 cm³/mol. The van der Waals surface area contributed by atoms with E-state index in [1.165, 1.54) is 11.1 Å². The van der Waals surface area contributed by atoms with Crippen molar-refractivity contribution in [3.05, 3.63) is 29.3 Å². The molecule has 116 valence electrons. The fraction of sp³-hybridized carbons (Fsp3) is 0.647. The van der Waals surface area contributed by atoms with Gasteiger partial charge in [0.15, 0.2) is 0 Å². The summed E-state index contributed by atoms with van der Waals surface area (Å²) in [5.74, 6) is 1.06. The van der Waals surface area contributed by atoms with E-state index in [2.05, 4.69) is 36.9 Å². The molecule has 1 saturated heterocycles. The van der Waals surface area contributed by atoms with Gasteiger partial charge in [-0.15, -0.1) is 0 Å². The number of benzene rings is 1. The van der Waals surface area contributed by atoms with Crippen molar-refractivity contribution in [3.63, 3.8) is 0 Å². The minimum absolute atomic E-state index is 0.113. The quantitative estimate of drug-likeness (QED) is 0.923. The molecule has 1 fully saturated rings. The number of nitrogens with zero attached hydrogens (tertiary/aromatic N) is 1. The molecule has 4 heteroatoms. The zero-order chi connectivity index (χ0) is 15.0. The van der Waals surface area contributed by atoms with Gasteiger partial charge in [0.2, 0.25) is 0 Å². The van der Waals surface area contributed by atoms with E-state index in [1.54, 1.807) is 7.11 Å². The Morgan fingerprint density at radius 3 is 3.00 bits per heavy atom. The number of nitrogens with two attached hydrogens (primary N) is 1. The van der Waals surface area contributed by atoms with E-state index in [0.717, 1.165) is 38.3 Å². The first-order chi connectivity index (χ1) is 10.0. The first kappa shape index (κ1) is 14.8. The molecule has 0 aliphatic carbocycles. The van der Waals surface area contributed by atoms with Crippen LogP contribution >= 0.6 is 0 Å². The molecule has 0 aromatic heterocycles. The van der Waals surface area contributed by atoms with Crippen molar-refractivity contribution < 1.29 is 9.47 Å². The van der Waals surface area contributed by atoms with Crippen LogP contribution in [0.25, 0.3) is 0 Å². The highest BCUT2D eigenvalue weighted by Gasteiger charge is 2.38. The third-order valence-electron chi connectivity index (χ3n) is 4.57. The fourth-order valence-electron chi connectivity index (χ4n) is 3.64. The lowest BCUT2D eigenvalue weighted by molar-refractivity contribution is 0.124. The first-order valence-electron chi connectivity index (χ1n) is 7.81. The highest BCUT2D eigenvalue weighted by molar-refractivity contribution is 5.48. The maximum absolute atomic E-state index is 6.40. The van der Waals surface area contributed by atoms with Crippen LogP contribution in [0.5, 0.6) is 5.75 Å². The third kappa shape index (κ3) is 2.80. The number of hydrogen-bond donors (Lipinski definition) is 1.